The summed E-state index contributed by atoms with van der Waals surface area (Å²) in [6, 6.07) is 13.8. The molecule has 1 saturated heterocycles. The molecule has 0 radical (unpaired) electrons. The zero-order chi connectivity index (χ0) is 20.8. The Morgan fingerprint density at radius 1 is 1.17 bits per heavy atom. The third-order valence-electron chi connectivity index (χ3n) is 5.07. The number of aryl methyl sites for hydroxylation is 3. The number of hydrogen-bond acceptors (Lipinski definition) is 4. The average Bonchev–Trinajstić information content (AvgIpc) is 2.71. The van der Waals surface area contributed by atoms with Crippen molar-refractivity contribution in [3.63, 3.8) is 0 Å². The molecule has 0 aromatic heterocycles. The Bertz CT molecular complexity index is 842. The first kappa shape index (κ1) is 20.9. The van der Waals surface area contributed by atoms with Gasteiger partial charge in [-0.3, -0.25) is 4.79 Å². The van der Waals surface area contributed by atoms with Gasteiger partial charge in [-0.15, -0.1) is 0 Å². The molecule has 1 unspecified atom stereocenters. The molecule has 1 atom stereocenters. The van der Waals surface area contributed by atoms with Crippen molar-refractivity contribution < 1.29 is 24.2 Å². The number of nitrogens with zero attached hydrogens (tertiary/aromatic N) is 1. The van der Waals surface area contributed by atoms with Gasteiger partial charge in [-0.25, -0.2) is 4.79 Å². The van der Waals surface area contributed by atoms with E-state index in [1.807, 2.05) is 36.9 Å². The number of benzene rings is 2. The number of carbonyl (C=O) groups is 2. The molecule has 1 N–H and O–H groups in total. The van der Waals surface area contributed by atoms with Gasteiger partial charge in [-0.2, -0.15) is 0 Å². The third kappa shape index (κ3) is 5.57. The van der Waals surface area contributed by atoms with E-state index in [1.54, 1.807) is 12.1 Å². The Balaban J connectivity index is 1.64. The predicted molar refractivity (Wildman–Crippen MR) is 109 cm³/mol. The number of carboxylic acid groups (broad SMARTS) is 1. The van der Waals surface area contributed by atoms with Gasteiger partial charge in [0.1, 0.15) is 5.75 Å². The van der Waals surface area contributed by atoms with Crippen LogP contribution in [-0.4, -0.2) is 54.3 Å². The fourth-order valence-corrected chi connectivity index (χ4v) is 3.67. The number of hydrogen-bond donors (Lipinski definition) is 1. The van der Waals surface area contributed by atoms with Crippen LogP contribution in [-0.2, 0) is 16.0 Å². The van der Waals surface area contributed by atoms with Gasteiger partial charge in [-0.1, -0.05) is 30.3 Å². The Morgan fingerprint density at radius 2 is 1.86 bits per heavy atom. The minimum absolute atomic E-state index is 0.0215. The van der Waals surface area contributed by atoms with Crippen LogP contribution in [0.3, 0.4) is 0 Å². The van der Waals surface area contributed by atoms with Gasteiger partial charge in [-0.05, 0) is 55.5 Å². The Kier molecular flexibility index (Phi) is 6.88. The summed E-state index contributed by atoms with van der Waals surface area (Å²) in [5, 5.41) is 8.81. The summed E-state index contributed by atoms with van der Waals surface area (Å²) < 4.78 is 11.2. The highest BCUT2D eigenvalue weighted by atomic mass is 16.5. The van der Waals surface area contributed by atoms with Crippen LogP contribution in [0.1, 0.15) is 33.5 Å². The van der Waals surface area contributed by atoms with Crippen molar-refractivity contribution in [2.75, 3.05) is 26.3 Å². The van der Waals surface area contributed by atoms with Gasteiger partial charge in [0.15, 0.2) is 6.61 Å². The van der Waals surface area contributed by atoms with E-state index in [2.05, 4.69) is 12.1 Å². The van der Waals surface area contributed by atoms with E-state index < -0.39 is 12.6 Å². The molecular weight excluding hydrogens is 370 g/mol. The van der Waals surface area contributed by atoms with Crippen molar-refractivity contribution >= 4 is 11.9 Å². The van der Waals surface area contributed by atoms with Crippen LogP contribution in [0.5, 0.6) is 5.75 Å². The lowest BCUT2D eigenvalue weighted by atomic mass is 10.0. The first-order chi connectivity index (χ1) is 13.9. The largest absolute Gasteiger partial charge is 0.481 e. The maximum Gasteiger partial charge on any atom is 0.341 e. The van der Waals surface area contributed by atoms with Crippen molar-refractivity contribution in [1.82, 2.24) is 4.90 Å². The van der Waals surface area contributed by atoms with E-state index in [9.17, 15) is 9.59 Å². The third-order valence-corrected chi connectivity index (χ3v) is 5.07. The van der Waals surface area contributed by atoms with Crippen molar-refractivity contribution in [3.05, 3.63) is 64.7 Å². The number of amides is 1. The standard InChI is InChI=1S/C23H27NO5/c1-16-12-19(13-17(2)22(16)29-15-21(25)26)23(27)24-10-11-28-20(14-24)9-8-18-6-4-3-5-7-18/h3-7,12-13,20H,8-11,14-15H2,1-2H3,(H,25,26). The molecule has 154 valence electrons. The summed E-state index contributed by atoms with van der Waals surface area (Å²) >= 11 is 0. The van der Waals surface area contributed by atoms with Crippen molar-refractivity contribution in [2.45, 2.75) is 32.8 Å². The van der Waals surface area contributed by atoms with E-state index in [0.29, 0.717) is 31.0 Å². The second-order valence-corrected chi connectivity index (χ2v) is 7.39. The van der Waals surface area contributed by atoms with E-state index in [4.69, 9.17) is 14.6 Å². The van der Waals surface area contributed by atoms with Gasteiger partial charge in [0.2, 0.25) is 0 Å². The van der Waals surface area contributed by atoms with Crippen LogP contribution < -0.4 is 4.74 Å². The molecule has 3 rings (SSSR count). The second kappa shape index (κ2) is 9.56. The molecular formula is C23H27NO5. The van der Waals surface area contributed by atoms with Crippen LogP contribution in [0.25, 0.3) is 0 Å². The Morgan fingerprint density at radius 3 is 2.52 bits per heavy atom. The average molecular weight is 397 g/mol. The zero-order valence-corrected chi connectivity index (χ0v) is 16.9. The summed E-state index contributed by atoms with van der Waals surface area (Å²) in [5.41, 5.74) is 3.36. The zero-order valence-electron chi connectivity index (χ0n) is 16.9. The van der Waals surface area contributed by atoms with Crippen molar-refractivity contribution in [1.29, 1.82) is 0 Å². The minimum Gasteiger partial charge on any atom is -0.481 e. The quantitative estimate of drug-likeness (QED) is 0.776. The summed E-state index contributed by atoms with van der Waals surface area (Å²) in [7, 11) is 0. The number of morpholine rings is 1. The second-order valence-electron chi connectivity index (χ2n) is 7.39. The van der Waals surface area contributed by atoms with Gasteiger partial charge in [0, 0.05) is 18.7 Å². The SMILES string of the molecule is Cc1cc(C(=O)N2CCOC(CCc3ccccc3)C2)cc(C)c1OCC(=O)O. The fourth-order valence-electron chi connectivity index (χ4n) is 3.67. The molecule has 2 aromatic rings. The number of ether oxygens (including phenoxy) is 2. The van der Waals surface area contributed by atoms with E-state index in [1.165, 1.54) is 5.56 Å². The number of aliphatic carboxylic acids is 1. The highest BCUT2D eigenvalue weighted by Crippen LogP contribution is 2.26. The molecule has 29 heavy (non-hydrogen) atoms. The molecule has 1 heterocycles. The smallest absolute Gasteiger partial charge is 0.341 e. The topological polar surface area (TPSA) is 76.1 Å². The van der Waals surface area contributed by atoms with Gasteiger partial charge >= 0.3 is 5.97 Å². The normalized spacial score (nSPS) is 16.5. The van der Waals surface area contributed by atoms with Crippen LogP contribution in [0.2, 0.25) is 0 Å². The molecule has 0 bridgehead atoms. The molecule has 1 fully saturated rings. The van der Waals surface area contributed by atoms with Crippen LogP contribution >= 0.6 is 0 Å². The number of carbonyl (C=O) groups excluding carboxylic acids is 1. The van der Waals surface area contributed by atoms with Crippen molar-refractivity contribution in [2.24, 2.45) is 0 Å². The fraction of sp³-hybridized carbons (Fsp3) is 0.391. The molecule has 6 nitrogen and oxygen atoms in total. The van der Waals surface area contributed by atoms with Gasteiger partial charge in [0.25, 0.3) is 5.91 Å². The highest BCUT2D eigenvalue weighted by molar-refractivity contribution is 5.95. The first-order valence-electron chi connectivity index (χ1n) is 9.84. The maximum atomic E-state index is 13.0. The van der Waals surface area contributed by atoms with Gasteiger partial charge < -0.3 is 19.5 Å². The van der Waals surface area contributed by atoms with E-state index >= 15 is 0 Å². The molecule has 1 amide bonds. The lowest BCUT2D eigenvalue weighted by Crippen LogP contribution is -2.45. The molecule has 0 spiro atoms. The van der Waals surface area contributed by atoms with Crippen LogP contribution in [0.15, 0.2) is 42.5 Å². The first-order valence-corrected chi connectivity index (χ1v) is 9.84. The Labute approximate surface area is 171 Å². The van der Waals surface area contributed by atoms with E-state index in [0.717, 1.165) is 24.0 Å². The monoisotopic (exact) mass is 397 g/mol. The predicted octanol–water partition coefficient (Wildman–Crippen LogP) is 3.24. The molecule has 6 heteroatoms. The van der Waals surface area contributed by atoms with E-state index in [-0.39, 0.29) is 12.0 Å². The summed E-state index contributed by atoms with van der Waals surface area (Å²) in [5.74, 6) is -0.542. The summed E-state index contributed by atoms with van der Waals surface area (Å²) in [6.07, 6.45) is 1.81. The minimum atomic E-state index is -1.03. The molecule has 1 aliphatic heterocycles. The van der Waals surface area contributed by atoms with Crippen LogP contribution in [0.4, 0.5) is 0 Å². The lowest BCUT2D eigenvalue weighted by Gasteiger charge is -2.33. The molecule has 0 aliphatic carbocycles. The summed E-state index contributed by atoms with van der Waals surface area (Å²) in [6.45, 7) is 4.91. The number of rotatable bonds is 7. The van der Waals surface area contributed by atoms with Gasteiger partial charge in [0.05, 0.1) is 12.7 Å². The number of carboxylic acids is 1. The highest BCUT2D eigenvalue weighted by Gasteiger charge is 2.25. The lowest BCUT2D eigenvalue weighted by molar-refractivity contribution is -0.139. The van der Waals surface area contributed by atoms with Crippen molar-refractivity contribution in [3.8, 4) is 5.75 Å². The molecule has 2 aromatic carbocycles. The maximum absolute atomic E-state index is 13.0. The molecule has 0 saturated carbocycles. The van der Waals surface area contributed by atoms with Crippen LogP contribution in [0, 0.1) is 13.8 Å². The summed E-state index contributed by atoms with van der Waals surface area (Å²) in [4.78, 5) is 25.6. The molecule has 1 aliphatic rings. The Hall–Kier alpha value is -2.86.